The highest BCUT2D eigenvalue weighted by atomic mass is 16.5. The SMILES string of the molecule is CN(Cc1ccccc1)CC(NC(=O)OCC1c2ccccc2-c2ccccc21)C(=O)NCc1ncc(C(=O)O)cn1. The molecule has 214 valence electrons. The molecule has 0 bridgehead atoms. The van der Waals surface area contributed by atoms with Gasteiger partial charge in [-0.05, 0) is 34.9 Å². The molecule has 1 aliphatic rings. The number of fused-ring (bicyclic) bond motifs is 3. The lowest BCUT2D eigenvalue weighted by molar-refractivity contribution is -0.123. The molecule has 42 heavy (non-hydrogen) atoms. The van der Waals surface area contributed by atoms with Crippen molar-refractivity contribution < 1.29 is 24.2 Å². The van der Waals surface area contributed by atoms with E-state index >= 15 is 0 Å². The predicted molar refractivity (Wildman–Crippen MR) is 156 cm³/mol. The van der Waals surface area contributed by atoms with Crippen LogP contribution in [0.25, 0.3) is 11.1 Å². The molecule has 0 saturated carbocycles. The zero-order chi connectivity index (χ0) is 29.5. The third-order valence-corrected chi connectivity index (χ3v) is 7.11. The Morgan fingerprint density at radius 3 is 2.12 bits per heavy atom. The lowest BCUT2D eigenvalue weighted by atomic mass is 9.98. The summed E-state index contributed by atoms with van der Waals surface area (Å²) in [6, 6.07) is 25.0. The number of carbonyl (C=O) groups excluding carboxylic acids is 2. The second kappa shape index (κ2) is 13.0. The minimum absolute atomic E-state index is 0.0377. The summed E-state index contributed by atoms with van der Waals surface area (Å²) in [5.74, 6) is -1.46. The van der Waals surface area contributed by atoms with Crippen LogP contribution < -0.4 is 10.6 Å². The minimum atomic E-state index is -1.14. The van der Waals surface area contributed by atoms with E-state index < -0.39 is 24.0 Å². The Hall–Kier alpha value is -5.09. The van der Waals surface area contributed by atoms with Crippen LogP contribution in [0.4, 0.5) is 4.79 Å². The van der Waals surface area contributed by atoms with Gasteiger partial charge in [-0.2, -0.15) is 0 Å². The summed E-state index contributed by atoms with van der Waals surface area (Å²) >= 11 is 0. The Bertz CT molecular complexity index is 1520. The number of carboxylic acid groups (broad SMARTS) is 1. The van der Waals surface area contributed by atoms with Gasteiger partial charge < -0.3 is 20.5 Å². The molecule has 2 amide bonds. The first-order valence-corrected chi connectivity index (χ1v) is 13.5. The first-order valence-electron chi connectivity index (χ1n) is 13.5. The van der Waals surface area contributed by atoms with Gasteiger partial charge in [0.05, 0.1) is 12.1 Å². The maximum atomic E-state index is 13.2. The van der Waals surface area contributed by atoms with Crippen LogP contribution >= 0.6 is 0 Å². The van der Waals surface area contributed by atoms with Crippen molar-refractivity contribution in [3.63, 3.8) is 0 Å². The van der Waals surface area contributed by atoms with Crippen LogP contribution in [0.15, 0.2) is 91.3 Å². The van der Waals surface area contributed by atoms with Gasteiger partial charge in [0.2, 0.25) is 5.91 Å². The Kier molecular flexibility index (Phi) is 8.84. The molecule has 10 nitrogen and oxygen atoms in total. The quantitative estimate of drug-likeness (QED) is 0.250. The average Bonchev–Trinajstić information content (AvgIpc) is 3.32. The third kappa shape index (κ3) is 6.79. The Labute approximate surface area is 243 Å². The minimum Gasteiger partial charge on any atom is -0.478 e. The Balaban J connectivity index is 1.24. The molecular weight excluding hydrogens is 534 g/mol. The maximum absolute atomic E-state index is 13.2. The summed E-state index contributed by atoms with van der Waals surface area (Å²) < 4.78 is 5.69. The predicted octanol–water partition coefficient (Wildman–Crippen LogP) is 3.83. The van der Waals surface area contributed by atoms with E-state index in [9.17, 15) is 14.4 Å². The fraction of sp³-hybridized carbons (Fsp3) is 0.219. The fourth-order valence-electron chi connectivity index (χ4n) is 5.09. The molecule has 1 unspecified atom stereocenters. The number of benzene rings is 3. The molecular formula is C32H31N5O5. The van der Waals surface area contributed by atoms with Gasteiger partial charge in [0.25, 0.3) is 0 Å². The summed E-state index contributed by atoms with van der Waals surface area (Å²) in [7, 11) is 1.86. The van der Waals surface area contributed by atoms with Crippen molar-refractivity contribution in [2.24, 2.45) is 0 Å². The average molecular weight is 566 g/mol. The molecule has 10 heteroatoms. The number of hydrogen-bond donors (Lipinski definition) is 3. The van der Waals surface area contributed by atoms with Crippen molar-refractivity contribution in [2.45, 2.75) is 25.0 Å². The number of amides is 2. The van der Waals surface area contributed by atoms with E-state index in [1.54, 1.807) is 0 Å². The van der Waals surface area contributed by atoms with Crippen LogP contribution in [0, 0.1) is 0 Å². The molecule has 3 N–H and O–H groups in total. The van der Waals surface area contributed by atoms with Crippen molar-refractivity contribution >= 4 is 18.0 Å². The van der Waals surface area contributed by atoms with Crippen LogP contribution in [-0.4, -0.2) is 64.2 Å². The van der Waals surface area contributed by atoms with Crippen molar-refractivity contribution in [1.82, 2.24) is 25.5 Å². The molecule has 0 saturated heterocycles. The highest BCUT2D eigenvalue weighted by Gasteiger charge is 2.30. The second-order valence-electron chi connectivity index (χ2n) is 10.1. The van der Waals surface area contributed by atoms with Gasteiger partial charge in [-0.1, -0.05) is 78.9 Å². The fourth-order valence-corrected chi connectivity index (χ4v) is 5.09. The van der Waals surface area contributed by atoms with Gasteiger partial charge in [-0.3, -0.25) is 9.69 Å². The first-order chi connectivity index (χ1) is 20.4. The monoisotopic (exact) mass is 565 g/mol. The second-order valence-corrected chi connectivity index (χ2v) is 10.1. The third-order valence-electron chi connectivity index (χ3n) is 7.11. The zero-order valence-electron chi connectivity index (χ0n) is 23.1. The van der Waals surface area contributed by atoms with Crippen molar-refractivity contribution in [2.75, 3.05) is 20.2 Å². The Morgan fingerprint density at radius 1 is 0.905 bits per heavy atom. The molecule has 1 aromatic heterocycles. The molecule has 0 fully saturated rings. The summed E-state index contributed by atoms with van der Waals surface area (Å²) in [5, 5.41) is 14.5. The molecule has 0 spiro atoms. The summed E-state index contributed by atoms with van der Waals surface area (Å²) in [4.78, 5) is 47.3. The normalized spacial score (nSPS) is 12.7. The first kappa shape index (κ1) is 28.4. The van der Waals surface area contributed by atoms with Crippen LogP contribution in [0.3, 0.4) is 0 Å². The zero-order valence-corrected chi connectivity index (χ0v) is 23.1. The number of carbonyl (C=O) groups is 3. The molecule has 0 radical (unpaired) electrons. The molecule has 0 aliphatic heterocycles. The number of aromatic carboxylic acids is 1. The lowest BCUT2D eigenvalue weighted by Crippen LogP contribution is -2.52. The summed E-state index contributed by atoms with van der Waals surface area (Å²) in [5.41, 5.74) is 5.45. The van der Waals surface area contributed by atoms with E-state index in [1.807, 2.05) is 78.7 Å². The van der Waals surface area contributed by atoms with Crippen molar-refractivity contribution in [3.05, 3.63) is 119 Å². The molecule has 5 rings (SSSR count). The van der Waals surface area contributed by atoms with E-state index in [2.05, 4.69) is 32.7 Å². The van der Waals surface area contributed by atoms with E-state index in [4.69, 9.17) is 9.84 Å². The van der Waals surface area contributed by atoms with Crippen molar-refractivity contribution in [1.29, 1.82) is 0 Å². The smallest absolute Gasteiger partial charge is 0.407 e. The van der Waals surface area contributed by atoms with Crippen LogP contribution in [0.2, 0.25) is 0 Å². The van der Waals surface area contributed by atoms with Gasteiger partial charge in [-0.25, -0.2) is 19.6 Å². The topological polar surface area (TPSA) is 134 Å². The van der Waals surface area contributed by atoms with Gasteiger partial charge in [-0.15, -0.1) is 0 Å². The number of nitrogens with zero attached hydrogens (tertiary/aromatic N) is 3. The van der Waals surface area contributed by atoms with Gasteiger partial charge in [0, 0.05) is 31.4 Å². The number of ether oxygens (including phenoxy) is 1. The van der Waals surface area contributed by atoms with E-state index in [1.165, 1.54) is 12.4 Å². The number of nitrogens with one attached hydrogen (secondary N) is 2. The van der Waals surface area contributed by atoms with E-state index in [0.29, 0.717) is 6.54 Å². The van der Waals surface area contributed by atoms with Crippen LogP contribution in [-0.2, 0) is 22.6 Å². The number of carboxylic acids is 1. The van der Waals surface area contributed by atoms with E-state index in [0.717, 1.165) is 27.8 Å². The highest BCUT2D eigenvalue weighted by molar-refractivity contribution is 5.87. The standard InChI is InChI=1S/C32H31N5O5/c1-37(18-21-9-3-2-4-10-21)19-28(30(38)35-17-29-33-15-22(16-34-29)31(39)40)36-32(41)42-20-27-25-13-7-5-11-23(25)24-12-6-8-14-26(24)27/h2-16,27-28H,17-20H2,1H3,(H,35,38)(H,36,41)(H,39,40). The molecule has 1 heterocycles. The molecule has 4 aromatic rings. The number of likely N-dealkylation sites (N-methyl/N-ethyl adjacent to an activating group) is 1. The van der Waals surface area contributed by atoms with Crippen LogP contribution in [0.1, 0.15) is 38.8 Å². The molecule has 1 aliphatic carbocycles. The number of alkyl carbamates (subject to hydrolysis) is 1. The largest absolute Gasteiger partial charge is 0.478 e. The lowest BCUT2D eigenvalue weighted by Gasteiger charge is -2.24. The number of aromatic nitrogens is 2. The van der Waals surface area contributed by atoms with Gasteiger partial charge in [0.15, 0.2) is 0 Å². The molecule has 3 aromatic carbocycles. The highest BCUT2D eigenvalue weighted by Crippen LogP contribution is 2.44. The van der Waals surface area contributed by atoms with Gasteiger partial charge in [0.1, 0.15) is 18.5 Å². The number of hydrogen-bond acceptors (Lipinski definition) is 7. The van der Waals surface area contributed by atoms with Crippen LogP contribution in [0.5, 0.6) is 0 Å². The molecule has 1 atom stereocenters. The van der Waals surface area contributed by atoms with E-state index in [-0.39, 0.29) is 37.0 Å². The Morgan fingerprint density at radius 2 is 1.50 bits per heavy atom. The summed E-state index contributed by atoms with van der Waals surface area (Å²) in [6.07, 6.45) is 1.65. The summed E-state index contributed by atoms with van der Waals surface area (Å²) in [6.45, 7) is 0.863. The maximum Gasteiger partial charge on any atom is 0.407 e. The van der Waals surface area contributed by atoms with Gasteiger partial charge >= 0.3 is 12.1 Å². The number of rotatable bonds is 11. The van der Waals surface area contributed by atoms with Crippen molar-refractivity contribution in [3.8, 4) is 11.1 Å².